The summed E-state index contributed by atoms with van der Waals surface area (Å²) in [5.74, 6) is 1.43. The molecule has 6 unspecified atom stereocenters. The Labute approximate surface area is 304 Å². The number of cyclic esters (lactones) is 1. The van der Waals surface area contributed by atoms with Crippen LogP contribution in [-0.4, -0.2) is 103 Å². The molecule has 10 nitrogen and oxygen atoms in total. The van der Waals surface area contributed by atoms with Gasteiger partial charge in [-0.15, -0.1) is 0 Å². The SMILES string of the molecule is C=C1CO[C@]2(C)C(CC)OC(=O)[C@H](C)C(=O)[C@H](C)[C@@H](O[C@H]3O[C@@H](C)CC(N(C)C)[C@@H]3O)C(C)(OCC#Cc3ccccc3)CC(C)C(=O)C(C)C12. The Morgan fingerprint density at radius 3 is 2.31 bits per heavy atom. The maximum absolute atomic E-state index is 14.4. The van der Waals surface area contributed by atoms with E-state index in [0.29, 0.717) is 12.8 Å². The van der Waals surface area contributed by atoms with Crippen LogP contribution in [0.1, 0.15) is 80.2 Å². The van der Waals surface area contributed by atoms with E-state index in [1.807, 2.05) is 90.9 Å². The molecule has 3 fully saturated rings. The number of ether oxygens (including phenoxy) is 5. The normalized spacial score (nSPS) is 39.9. The molecule has 0 aromatic heterocycles. The highest BCUT2D eigenvalue weighted by Gasteiger charge is 2.55. The van der Waals surface area contributed by atoms with Gasteiger partial charge in [0.25, 0.3) is 0 Å². The molecule has 0 amide bonds. The van der Waals surface area contributed by atoms with E-state index in [0.717, 1.165) is 11.1 Å². The number of likely N-dealkylation sites (N-methyl/N-ethyl adjacent to an activating group) is 1. The van der Waals surface area contributed by atoms with Crippen LogP contribution < -0.4 is 0 Å². The van der Waals surface area contributed by atoms with E-state index in [1.54, 1.807) is 13.8 Å². The fraction of sp³-hybridized carbons (Fsp3) is 0.683. The summed E-state index contributed by atoms with van der Waals surface area (Å²) in [4.78, 5) is 44.5. The molecule has 51 heavy (non-hydrogen) atoms. The van der Waals surface area contributed by atoms with Gasteiger partial charge in [-0.1, -0.05) is 64.3 Å². The van der Waals surface area contributed by atoms with Crippen LogP contribution in [0.2, 0.25) is 0 Å². The molecular weight excluding hydrogens is 650 g/mol. The van der Waals surface area contributed by atoms with Crippen molar-refractivity contribution in [1.29, 1.82) is 0 Å². The van der Waals surface area contributed by atoms with Gasteiger partial charge in [-0.25, -0.2) is 0 Å². The van der Waals surface area contributed by atoms with E-state index < -0.39 is 77.1 Å². The summed E-state index contributed by atoms with van der Waals surface area (Å²) >= 11 is 0. The minimum Gasteiger partial charge on any atom is -0.459 e. The first-order valence-corrected chi connectivity index (χ1v) is 18.4. The maximum atomic E-state index is 14.4. The molecule has 1 N–H and O–H groups in total. The molecule has 3 saturated heterocycles. The number of carbonyl (C=O) groups is 3. The largest absolute Gasteiger partial charge is 0.459 e. The molecule has 1 aromatic rings. The summed E-state index contributed by atoms with van der Waals surface area (Å²) < 4.78 is 31.9. The summed E-state index contributed by atoms with van der Waals surface area (Å²) in [6.07, 6.45) is -3.03. The van der Waals surface area contributed by atoms with Crippen molar-refractivity contribution in [2.24, 2.45) is 29.6 Å². The first-order valence-electron chi connectivity index (χ1n) is 18.4. The van der Waals surface area contributed by atoms with Gasteiger partial charge >= 0.3 is 5.97 Å². The van der Waals surface area contributed by atoms with E-state index in [2.05, 4.69) is 18.4 Å². The Kier molecular flexibility index (Phi) is 13.5. The lowest BCUT2D eigenvalue weighted by Crippen LogP contribution is -2.59. The molecule has 3 aliphatic heterocycles. The van der Waals surface area contributed by atoms with Gasteiger partial charge in [0.2, 0.25) is 0 Å². The fourth-order valence-electron chi connectivity index (χ4n) is 8.51. The molecule has 3 heterocycles. The van der Waals surface area contributed by atoms with E-state index in [9.17, 15) is 19.5 Å². The fourth-order valence-corrected chi connectivity index (χ4v) is 8.51. The summed E-state index contributed by atoms with van der Waals surface area (Å²) in [5.41, 5.74) is -0.747. The van der Waals surface area contributed by atoms with Crippen molar-refractivity contribution in [2.75, 3.05) is 27.3 Å². The van der Waals surface area contributed by atoms with E-state index in [1.165, 1.54) is 0 Å². The number of fused-ring (bicyclic) bond motifs is 1. The van der Waals surface area contributed by atoms with Crippen molar-refractivity contribution < 1.29 is 43.2 Å². The quantitative estimate of drug-likeness (QED) is 0.187. The van der Waals surface area contributed by atoms with Gasteiger partial charge in [0, 0.05) is 35.3 Å². The zero-order chi connectivity index (χ0) is 37.8. The molecule has 0 saturated carbocycles. The first kappa shape index (κ1) is 40.9. The topological polar surface area (TPSA) is 121 Å². The molecule has 0 radical (unpaired) electrons. The number of benzene rings is 1. The molecular formula is C41H59NO9. The number of esters is 1. The van der Waals surface area contributed by atoms with Crippen molar-refractivity contribution in [3.05, 3.63) is 48.0 Å². The van der Waals surface area contributed by atoms with Crippen LogP contribution in [0.15, 0.2) is 42.5 Å². The van der Waals surface area contributed by atoms with Crippen molar-refractivity contribution in [2.45, 2.75) is 123 Å². The summed E-state index contributed by atoms with van der Waals surface area (Å²) in [7, 11) is 3.77. The summed E-state index contributed by atoms with van der Waals surface area (Å²) in [6, 6.07) is 9.23. The van der Waals surface area contributed by atoms with Crippen LogP contribution in [0.5, 0.6) is 0 Å². The standard InChI is InChI=1S/C41H59NO9/c1-12-32-41(9)33(25(3)23-48-41)27(5)34(43)24(2)22-40(8,47-20-16-19-30-17-14-13-15-18-30)37(28(6)35(44)29(7)38(46)50-32)51-39-36(45)31(42(10)11)21-26(4)49-39/h13-15,17-18,24,26-29,31-33,36-37,39,45H,3,12,20-23H2,1-2,4-11H3/t24?,26-,27?,28-,29+,31?,32?,33?,36-,37+,39+,40?,41+/m0/s1. The van der Waals surface area contributed by atoms with E-state index in [4.69, 9.17) is 23.7 Å². The van der Waals surface area contributed by atoms with Gasteiger partial charge < -0.3 is 33.7 Å². The van der Waals surface area contributed by atoms with Gasteiger partial charge in [0.15, 0.2) is 12.1 Å². The van der Waals surface area contributed by atoms with Gasteiger partial charge in [0.05, 0.1) is 24.4 Å². The van der Waals surface area contributed by atoms with Crippen molar-refractivity contribution in [1.82, 2.24) is 4.90 Å². The van der Waals surface area contributed by atoms with Crippen LogP contribution in [0.25, 0.3) is 0 Å². The predicted octanol–water partition coefficient (Wildman–Crippen LogP) is 4.99. The first-order chi connectivity index (χ1) is 23.9. The number of hydrogen-bond acceptors (Lipinski definition) is 10. The van der Waals surface area contributed by atoms with Gasteiger partial charge in [-0.2, -0.15) is 0 Å². The number of aliphatic hydroxyl groups excluding tert-OH is 1. The summed E-state index contributed by atoms with van der Waals surface area (Å²) in [5, 5.41) is 11.5. The monoisotopic (exact) mass is 709 g/mol. The van der Waals surface area contributed by atoms with Crippen LogP contribution in [0.3, 0.4) is 0 Å². The third-order valence-electron chi connectivity index (χ3n) is 11.4. The molecule has 4 rings (SSSR count). The second-order valence-electron chi connectivity index (χ2n) is 15.5. The highest BCUT2D eigenvalue weighted by atomic mass is 16.7. The van der Waals surface area contributed by atoms with Crippen LogP contribution in [0, 0.1) is 41.4 Å². The minimum atomic E-state index is -1.31. The van der Waals surface area contributed by atoms with E-state index in [-0.39, 0.29) is 37.6 Å². The third kappa shape index (κ3) is 8.84. The minimum absolute atomic E-state index is 0.0332. The molecule has 1 aromatic carbocycles. The number of rotatable bonds is 6. The number of nitrogens with zero attached hydrogens (tertiary/aromatic N) is 1. The number of aliphatic hydroxyl groups is 1. The van der Waals surface area contributed by atoms with Crippen LogP contribution >= 0.6 is 0 Å². The van der Waals surface area contributed by atoms with Crippen molar-refractivity contribution in [3.8, 4) is 11.8 Å². The van der Waals surface area contributed by atoms with E-state index >= 15 is 0 Å². The summed E-state index contributed by atoms with van der Waals surface area (Å²) in [6.45, 7) is 18.9. The van der Waals surface area contributed by atoms with Gasteiger partial charge in [-0.05, 0) is 78.8 Å². The Balaban J connectivity index is 1.82. The smallest absolute Gasteiger partial charge is 0.316 e. The molecule has 282 valence electrons. The lowest BCUT2D eigenvalue weighted by atomic mass is 9.69. The zero-order valence-corrected chi connectivity index (χ0v) is 32.1. The van der Waals surface area contributed by atoms with Crippen molar-refractivity contribution in [3.63, 3.8) is 0 Å². The second-order valence-corrected chi connectivity index (χ2v) is 15.5. The molecule has 3 aliphatic rings. The van der Waals surface area contributed by atoms with Crippen LogP contribution in [0.4, 0.5) is 0 Å². The third-order valence-corrected chi connectivity index (χ3v) is 11.4. The Hall–Kier alpha value is -2.91. The Morgan fingerprint density at radius 2 is 1.69 bits per heavy atom. The van der Waals surface area contributed by atoms with Gasteiger partial charge in [-0.3, -0.25) is 14.4 Å². The highest BCUT2D eigenvalue weighted by molar-refractivity contribution is 6.00. The second kappa shape index (κ2) is 16.8. The lowest BCUT2D eigenvalue weighted by molar-refractivity contribution is -0.296. The molecule has 0 aliphatic carbocycles. The average Bonchev–Trinajstić information content (AvgIpc) is 3.41. The number of ketones is 2. The highest BCUT2D eigenvalue weighted by Crippen LogP contribution is 2.46. The maximum Gasteiger partial charge on any atom is 0.316 e. The lowest BCUT2D eigenvalue weighted by Gasteiger charge is -2.47. The molecule has 13 atom stereocenters. The predicted molar refractivity (Wildman–Crippen MR) is 193 cm³/mol. The number of Topliss-reactive ketones (excluding diaryl/α,β-unsaturated/α-hetero) is 2. The average molecular weight is 710 g/mol. The Morgan fingerprint density at radius 1 is 1.02 bits per heavy atom. The van der Waals surface area contributed by atoms with Crippen molar-refractivity contribution >= 4 is 17.5 Å². The number of carbonyl (C=O) groups excluding carboxylic acids is 3. The van der Waals surface area contributed by atoms with Gasteiger partial charge in [0.1, 0.15) is 36.1 Å². The Bertz CT molecular complexity index is 1470. The number of hydrogen-bond donors (Lipinski definition) is 1. The molecule has 10 heteroatoms. The van der Waals surface area contributed by atoms with Crippen LogP contribution in [-0.2, 0) is 38.1 Å². The molecule has 0 bridgehead atoms. The zero-order valence-electron chi connectivity index (χ0n) is 32.1. The molecule has 0 spiro atoms.